The first-order chi connectivity index (χ1) is 14.0. The molecule has 0 bridgehead atoms. The molecule has 0 fully saturated rings. The molecule has 0 radical (unpaired) electrons. The van der Waals surface area contributed by atoms with Crippen molar-refractivity contribution in [1.29, 1.82) is 0 Å². The highest BCUT2D eigenvalue weighted by molar-refractivity contribution is 7.17. The summed E-state index contributed by atoms with van der Waals surface area (Å²) in [6.45, 7) is 3.04. The number of pyridine rings is 1. The van der Waals surface area contributed by atoms with Gasteiger partial charge >= 0.3 is 0 Å². The van der Waals surface area contributed by atoms with Gasteiger partial charge in [-0.3, -0.25) is 19.1 Å². The number of aryl methyl sites for hydroxylation is 1. The van der Waals surface area contributed by atoms with Crippen molar-refractivity contribution in [2.75, 3.05) is 18.0 Å². The summed E-state index contributed by atoms with van der Waals surface area (Å²) >= 11 is 7.13. The number of anilines is 1. The van der Waals surface area contributed by atoms with E-state index in [-0.39, 0.29) is 17.5 Å². The first-order valence-corrected chi connectivity index (χ1v) is 10.3. The molecule has 0 saturated heterocycles. The van der Waals surface area contributed by atoms with Gasteiger partial charge in [-0.2, -0.15) is 0 Å². The molecule has 1 unspecified atom stereocenters. The number of carbonyl (C=O) groups excluding carboxylic acids is 1. The topological polar surface area (TPSA) is 66.7 Å². The van der Waals surface area contributed by atoms with Crippen molar-refractivity contribution >= 4 is 40.9 Å². The summed E-state index contributed by atoms with van der Waals surface area (Å²) in [5.41, 5.74) is 2.64. The largest absolute Gasteiger partial charge is 0.349 e. The van der Waals surface area contributed by atoms with Crippen molar-refractivity contribution in [3.63, 3.8) is 0 Å². The van der Waals surface area contributed by atoms with Crippen LogP contribution in [0.2, 0.25) is 4.34 Å². The van der Waals surface area contributed by atoms with Gasteiger partial charge in [0.2, 0.25) is 0 Å². The molecule has 3 aromatic rings. The average Bonchev–Trinajstić information content (AvgIpc) is 3.36. The van der Waals surface area contributed by atoms with E-state index in [2.05, 4.69) is 10.3 Å². The second-order valence-corrected chi connectivity index (χ2v) is 8.46. The normalized spacial score (nSPS) is 15.7. The Labute approximate surface area is 177 Å². The highest BCUT2D eigenvalue weighted by Crippen LogP contribution is 2.22. The zero-order valence-electron chi connectivity index (χ0n) is 15.7. The van der Waals surface area contributed by atoms with Gasteiger partial charge < -0.3 is 10.2 Å². The lowest BCUT2D eigenvalue weighted by Crippen LogP contribution is -2.34. The van der Waals surface area contributed by atoms with E-state index >= 15 is 0 Å². The lowest BCUT2D eigenvalue weighted by atomic mass is 10.2. The fourth-order valence-electron chi connectivity index (χ4n) is 3.24. The molecule has 4 rings (SSSR count). The van der Waals surface area contributed by atoms with E-state index in [0.29, 0.717) is 22.3 Å². The fourth-order valence-corrected chi connectivity index (χ4v) is 4.20. The van der Waals surface area contributed by atoms with Crippen LogP contribution in [0, 0.1) is 6.92 Å². The van der Waals surface area contributed by atoms with Crippen molar-refractivity contribution in [2.45, 2.75) is 13.0 Å². The van der Waals surface area contributed by atoms with Crippen molar-refractivity contribution in [3.05, 3.63) is 79.9 Å². The molecule has 0 aliphatic carbocycles. The standard InChI is InChI=1S/C21H19ClN4O2S/c1-14-3-2-4-20(27)26(14)17-7-5-16(6-8-17)25-12-15(24-13-25)11-23-21(28)18-9-10-19(22)29-18/h2-10,13,15H,11-12H2,1H3,(H,23,28). The second kappa shape index (κ2) is 8.23. The van der Waals surface area contributed by atoms with Gasteiger partial charge in [0.1, 0.15) is 0 Å². The molecule has 1 aromatic carbocycles. The van der Waals surface area contributed by atoms with Gasteiger partial charge in [-0.1, -0.05) is 17.7 Å². The van der Waals surface area contributed by atoms with Crippen molar-refractivity contribution in [2.24, 2.45) is 4.99 Å². The molecule has 0 spiro atoms. The van der Waals surface area contributed by atoms with E-state index < -0.39 is 0 Å². The molecular formula is C21H19ClN4O2S. The third-order valence-corrected chi connectivity index (χ3v) is 5.94. The highest BCUT2D eigenvalue weighted by Gasteiger charge is 2.20. The van der Waals surface area contributed by atoms with Crippen LogP contribution in [0.1, 0.15) is 15.4 Å². The molecule has 1 amide bonds. The number of aromatic nitrogens is 1. The predicted molar refractivity (Wildman–Crippen MR) is 118 cm³/mol. The lowest BCUT2D eigenvalue weighted by Gasteiger charge is -2.17. The van der Waals surface area contributed by atoms with E-state index in [1.807, 2.05) is 42.2 Å². The maximum Gasteiger partial charge on any atom is 0.261 e. The molecule has 1 N–H and O–H groups in total. The Balaban J connectivity index is 1.38. The predicted octanol–water partition coefficient (Wildman–Crippen LogP) is 3.51. The maximum atomic E-state index is 12.1. The van der Waals surface area contributed by atoms with E-state index in [4.69, 9.17) is 11.6 Å². The zero-order valence-corrected chi connectivity index (χ0v) is 17.3. The molecule has 148 valence electrons. The lowest BCUT2D eigenvalue weighted by molar-refractivity contribution is 0.0956. The number of aliphatic imine (C=N–C) groups is 1. The second-order valence-electron chi connectivity index (χ2n) is 6.74. The number of halogens is 1. The summed E-state index contributed by atoms with van der Waals surface area (Å²) in [6, 6.07) is 16.4. The van der Waals surface area contributed by atoms with Crippen molar-refractivity contribution < 1.29 is 4.79 Å². The molecule has 29 heavy (non-hydrogen) atoms. The number of nitrogens with zero attached hydrogens (tertiary/aromatic N) is 3. The van der Waals surface area contributed by atoms with E-state index in [9.17, 15) is 9.59 Å². The minimum atomic E-state index is -0.136. The van der Waals surface area contributed by atoms with Gasteiger partial charge in [-0.05, 0) is 49.4 Å². The fraction of sp³-hybridized carbons (Fsp3) is 0.190. The highest BCUT2D eigenvalue weighted by atomic mass is 35.5. The summed E-state index contributed by atoms with van der Waals surface area (Å²) in [5, 5.41) is 2.90. The smallest absolute Gasteiger partial charge is 0.261 e. The van der Waals surface area contributed by atoms with Crippen LogP contribution < -0.4 is 15.8 Å². The Kier molecular flexibility index (Phi) is 5.51. The van der Waals surface area contributed by atoms with Crippen LogP contribution in [0.5, 0.6) is 0 Å². The summed E-state index contributed by atoms with van der Waals surface area (Å²) in [4.78, 5) is 31.4. The number of hydrogen-bond acceptors (Lipinski definition) is 5. The van der Waals surface area contributed by atoms with Gasteiger partial charge in [-0.15, -0.1) is 11.3 Å². The average molecular weight is 427 g/mol. The molecule has 2 aromatic heterocycles. The van der Waals surface area contributed by atoms with Gasteiger partial charge in [-0.25, -0.2) is 0 Å². The number of hydrogen-bond donors (Lipinski definition) is 1. The Morgan fingerprint density at radius 2 is 1.93 bits per heavy atom. The molecule has 1 aliphatic heterocycles. The molecule has 6 nitrogen and oxygen atoms in total. The maximum absolute atomic E-state index is 12.1. The number of amides is 1. The zero-order chi connectivity index (χ0) is 20.4. The number of carbonyl (C=O) groups is 1. The van der Waals surface area contributed by atoms with Gasteiger partial charge in [0.05, 0.1) is 21.6 Å². The van der Waals surface area contributed by atoms with Crippen LogP contribution in [0.3, 0.4) is 0 Å². The van der Waals surface area contributed by atoms with Crippen LogP contribution in [-0.4, -0.2) is 35.9 Å². The molecule has 1 atom stereocenters. The summed E-state index contributed by atoms with van der Waals surface area (Å²) in [5.74, 6) is -0.136. The minimum Gasteiger partial charge on any atom is -0.349 e. The third-order valence-electron chi connectivity index (χ3n) is 4.71. The van der Waals surface area contributed by atoms with Crippen LogP contribution in [0.4, 0.5) is 5.69 Å². The van der Waals surface area contributed by atoms with Crippen LogP contribution in [0.15, 0.2) is 64.4 Å². The Morgan fingerprint density at radius 3 is 2.62 bits per heavy atom. The molecule has 1 aliphatic rings. The van der Waals surface area contributed by atoms with Crippen LogP contribution >= 0.6 is 22.9 Å². The minimum absolute atomic E-state index is 0.0203. The molecule has 8 heteroatoms. The first kappa shape index (κ1) is 19.4. The van der Waals surface area contributed by atoms with Gasteiger partial charge in [0.15, 0.2) is 0 Å². The Morgan fingerprint density at radius 1 is 1.17 bits per heavy atom. The van der Waals surface area contributed by atoms with Crippen LogP contribution in [-0.2, 0) is 0 Å². The molecule has 0 saturated carbocycles. The number of benzene rings is 1. The van der Waals surface area contributed by atoms with E-state index in [1.165, 1.54) is 11.3 Å². The number of thiophene rings is 1. The quantitative estimate of drug-likeness (QED) is 0.678. The van der Waals surface area contributed by atoms with Gasteiger partial charge in [0, 0.05) is 36.2 Å². The summed E-state index contributed by atoms with van der Waals surface area (Å²) < 4.78 is 2.27. The summed E-state index contributed by atoms with van der Waals surface area (Å²) in [7, 11) is 0. The monoisotopic (exact) mass is 426 g/mol. The molecule has 3 heterocycles. The number of rotatable bonds is 5. The SMILES string of the molecule is Cc1cccc(=O)n1-c1ccc(N2C=NC(CNC(=O)c3ccc(Cl)s3)C2)cc1. The summed E-state index contributed by atoms with van der Waals surface area (Å²) in [6.07, 6.45) is 1.79. The Bertz CT molecular complexity index is 1120. The first-order valence-electron chi connectivity index (χ1n) is 9.14. The Hall–Kier alpha value is -2.90. The van der Waals surface area contributed by atoms with E-state index in [1.54, 1.807) is 35.2 Å². The van der Waals surface area contributed by atoms with E-state index in [0.717, 1.165) is 17.1 Å². The van der Waals surface area contributed by atoms with Crippen molar-refractivity contribution in [1.82, 2.24) is 9.88 Å². The number of nitrogens with one attached hydrogen (secondary N) is 1. The van der Waals surface area contributed by atoms with Crippen molar-refractivity contribution in [3.8, 4) is 5.69 Å². The van der Waals surface area contributed by atoms with Gasteiger partial charge in [0.25, 0.3) is 11.5 Å². The third kappa shape index (κ3) is 4.26. The molecular weight excluding hydrogens is 408 g/mol. The van der Waals surface area contributed by atoms with Crippen LogP contribution in [0.25, 0.3) is 5.69 Å².